The number of nitrogens with zero attached hydrogens (tertiary/aromatic N) is 1. The number of aryl methyl sites for hydroxylation is 1. The molecule has 1 atom stereocenters. The van der Waals surface area contributed by atoms with Gasteiger partial charge in [0.1, 0.15) is 18.5 Å². The summed E-state index contributed by atoms with van der Waals surface area (Å²) in [6.07, 6.45) is 10.6. The third-order valence-corrected chi connectivity index (χ3v) is 6.32. The number of benzene rings is 2. The lowest BCUT2D eigenvalue weighted by Gasteiger charge is -2.11. The Morgan fingerprint density at radius 3 is 2.17 bits per heavy atom. The summed E-state index contributed by atoms with van der Waals surface area (Å²) in [5.41, 5.74) is 5.62. The third-order valence-electron chi connectivity index (χ3n) is 6.32. The van der Waals surface area contributed by atoms with Gasteiger partial charge in [-0.3, -0.25) is 4.98 Å². The van der Waals surface area contributed by atoms with E-state index in [-0.39, 0.29) is 6.61 Å². The lowest BCUT2D eigenvalue weighted by Crippen LogP contribution is -2.12. The van der Waals surface area contributed by atoms with Crippen molar-refractivity contribution in [2.75, 3.05) is 20.3 Å². The molecule has 0 N–H and O–H groups in total. The zero-order valence-electron chi connectivity index (χ0n) is 21.3. The second kappa shape index (κ2) is 15.3. The van der Waals surface area contributed by atoms with Gasteiger partial charge in [-0.05, 0) is 55.0 Å². The number of hydrogen-bond acceptors (Lipinski definition) is 3. The summed E-state index contributed by atoms with van der Waals surface area (Å²) in [5.74, 6) is 0.690. The van der Waals surface area contributed by atoms with Crippen molar-refractivity contribution in [1.29, 1.82) is 0 Å². The van der Waals surface area contributed by atoms with Crippen LogP contribution in [0.4, 0.5) is 4.39 Å². The van der Waals surface area contributed by atoms with Gasteiger partial charge in [-0.2, -0.15) is 0 Å². The van der Waals surface area contributed by atoms with E-state index in [0.717, 1.165) is 54.7 Å². The Hall–Kier alpha value is -2.72. The van der Waals surface area contributed by atoms with Gasteiger partial charge in [0.25, 0.3) is 0 Å². The minimum atomic E-state index is -0.941. The van der Waals surface area contributed by atoms with Crippen LogP contribution < -0.4 is 4.74 Å². The van der Waals surface area contributed by atoms with E-state index in [0.29, 0.717) is 12.2 Å². The normalized spacial score (nSPS) is 12.0. The fourth-order valence-electron chi connectivity index (χ4n) is 4.14. The van der Waals surface area contributed by atoms with Gasteiger partial charge >= 0.3 is 0 Å². The molecule has 0 bridgehead atoms. The third kappa shape index (κ3) is 9.45. The molecule has 0 radical (unpaired) electrons. The van der Waals surface area contributed by atoms with Crippen LogP contribution in [0.25, 0.3) is 22.4 Å². The lowest BCUT2D eigenvalue weighted by molar-refractivity contribution is 0.175. The van der Waals surface area contributed by atoms with Crippen LogP contribution in [0.3, 0.4) is 0 Å². The van der Waals surface area contributed by atoms with Crippen LogP contribution >= 0.6 is 0 Å². The molecule has 0 aliphatic carbocycles. The molecular formula is C31H40FNO2. The highest BCUT2D eigenvalue weighted by atomic mass is 19.1. The summed E-state index contributed by atoms with van der Waals surface area (Å²) in [6, 6.07) is 20.7. The zero-order valence-corrected chi connectivity index (χ0v) is 21.3. The van der Waals surface area contributed by atoms with Crippen LogP contribution in [0.5, 0.6) is 5.75 Å². The summed E-state index contributed by atoms with van der Waals surface area (Å²) < 4.78 is 24.7. The Labute approximate surface area is 210 Å². The predicted octanol–water partition coefficient (Wildman–Crippen LogP) is 8.46. The maximum atomic E-state index is 14.1. The molecule has 0 aliphatic heterocycles. The number of methoxy groups -OCH3 is 1. The molecule has 0 amide bonds. The van der Waals surface area contributed by atoms with Crippen LogP contribution in [-0.4, -0.2) is 31.5 Å². The van der Waals surface area contributed by atoms with Crippen LogP contribution in [-0.2, 0) is 11.2 Å². The van der Waals surface area contributed by atoms with Gasteiger partial charge in [-0.1, -0.05) is 81.5 Å². The van der Waals surface area contributed by atoms with Gasteiger partial charge in [0.15, 0.2) is 0 Å². The maximum Gasteiger partial charge on any atom is 0.134 e. The average Bonchev–Trinajstić information content (AvgIpc) is 2.91. The van der Waals surface area contributed by atoms with Crippen molar-refractivity contribution in [2.45, 2.75) is 70.9 Å². The van der Waals surface area contributed by atoms with Crippen molar-refractivity contribution in [3.05, 3.63) is 72.4 Å². The summed E-state index contributed by atoms with van der Waals surface area (Å²) in [6.45, 7) is 3.08. The topological polar surface area (TPSA) is 31.4 Å². The molecular weight excluding hydrogens is 437 g/mol. The summed E-state index contributed by atoms with van der Waals surface area (Å²) in [4.78, 5) is 4.68. The first-order valence-corrected chi connectivity index (χ1v) is 13.1. The standard InChI is InChI=1S/C31H40FNO2/c1-3-4-5-7-10-25-12-14-27(15-13-25)31-21-18-28(23-33-31)26-16-19-30(20-17-26)35-24-29(32)11-8-6-9-22-34-2/h12-21,23,29H,3-11,22,24H2,1-2H3. The molecule has 1 aromatic heterocycles. The van der Waals surface area contributed by atoms with E-state index >= 15 is 0 Å². The highest BCUT2D eigenvalue weighted by Gasteiger charge is 2.08. The first-order chi connectivity index (χ1) is 17.2. The average molecular weight is 478 g/mol. The van der Waals surface area contributed by atoms with Gasteiger partial charge in [-0.15, -0.1) is 0 Å². The Balaban J connectivity index is 1.47. The molecule has 3 rings (SSSR count). The molecule has 188 valence electrons. The Morgan fingerprint density at radius 1 is 0.771 bits per heavy atom. The number of unbranched alkanes of at least 4 members (excludes halogenated alkanes) is 5. The van der Waals surface area contributed by atoms with Crippen molar-refractivity contribution in [1.82, 2.24) is 4.98 Å². The molecule has 2 aromatic carbocycles. The molecule has 3 nitrogen and oxygen atoms in total. The highest BCUT2D eigenvalue weighted by Crippen LogP contribution is 2.25. The zero-order chi connectivity index (χ0) is 24.7. The number of pyridine rings is 1. The summed E-state index contributed by atoms with van der Waals surface area (Å²) >= 11 is 0. The Bertz CT molecular complexity index is 955. The molecule has 3 aromatic rings. The first kappa shape index (κ1) is 26.9. The minimum Gasteiger partial charge on any atom is -0.491 e. The Morgan fingerprint density at radius 2 is 1.49 bits per heavy atom. The molecule has 0 saturated carbocycles. The van der Waals surface area contributed by atoms with Crippen molar-refractivity contribution in [2.24, 2.45) is 0 Å². The van der Waals surface area contributed by atoms with E-state index in [1.54, 1.807) is 7.11 Å². The Kier molecular flexibility index (Phi) is 11.8. The van der Waals surface area contributed by atoms with Gasteiger partial charge in [-0.25, -0.2) is 4.39 Å². The van der Waals surface area contributed by atoms with Crippen LogP contribution in [0.15, 0.2) is 66.9 Å². The molecule has 0 saturated heterocycles. The van der Waals surface area contributed by atoms with E-state index < -0.39 is 6.17 Å². The van der Waals surface area contributed by atoms with Gasteiger partial charge in [0.05, 0.1) is 5.69 Å². The number of alkyl halides is 1. The van der Waals surface area contributed by atoms with Gasteiger partial charge in [0, 0.05) is 31.0 Å². The van der Waals surface area contributed by atoms with Crippen molar-refractivity contribution < 1.29 is 13.9 Å². The fraction of sp³-hybridized carbons (Fsp3) is 0.452. The number of rotatable bonds is 16. The van der Waals surface area contributed by atoms with E-state index in [2.05, 4.69) is 48.3 Å². The van der Waals surface area contributed by atoms with Gasteiger partial charge < -0.3 is 9.47 Å². The molecule has 1 unspecified atom stereocenters. The van der Waals surface area contributed by atoms with Gasteiger partial charge in [0.2, 0.25) is 0 Å². The second-order valence-electron chi connectivity index (χ2n) is 9.21. The highest BCUT2D eigenvalue weighted by molar-refractivity contribution is 5.67. The van der Waals surface area contributed by atoms with Crippen molar-refractivity contribution in [3.8, 4) is 28.1 Å². The van der Waals surface area contributed by atoms with E-state index in [1.807, 2.05) is 30.5 Å². The smallest absolute Gasteiger partial charge is 0.134 e. The number of hydrogen-bond donors (Lipinski definition) is 0. The monoisotopic (exact) mass is 477 g/mol. The second-order valence-corrected chi connectivity index (χ2v) is 9.21. The van der Waals surface area contributed by atoms with Crippen LogP contribution in [0.1, 0.15) is 63.9 Å². The summed E-state index contributed by atoms with van der Waals surface area (Å²) in [7, 11) is 1.69. The van der Waals surface area contributed by atoms with Crippen molar-refractivity contribution in [3.63, 3.8) is 0 Å². The van der Waals surface area contributed by atoms with E-state index in [1.165, 1.54) is 31.2 Å². The number of aromatic nitrogens is 1. The molecule has 1 heterocycles. The largest absolute Gasteiger partial charge is 0.491 e. The van der Waals surface area contributed by atoms with Crippen LogP contribution in [0, 0.1) is 0 Å². The van der Waals surface area contributed by atoms with Crippen molar-refractivity contribution >= 4 is 0 Å². The number of halogens is 1. The van der Waals surface area contributed by atoms with E-state index in [9.17, 15) is 4.39 Å². The number of ether oxygens (including phenoxy) is 2. The maximum absolute atomic E-state index is 14.1. The summed E-state index contributed by atoms with van der Waals surface area (Å²) in [5, 5.41) is 0. The first-order valence-electron chi connectivity index (χ1n) is 13.1. The quantitative estimate of drug-likeness (QED) is 0.194. The molecule has 35 heavy (non-hydrogen) atoms. The predicted molar refractivity (Wildman–Crippen MR) is 144 cm³/mol. The molecule has 0 fully saturated rings. The molecule has 0 aliphatic rings. The lowest BCUT2D eigenvalue weighted by atomic mass is 10.0. The molecule has 4 heteroatoms. The van der Waals surface area contributed by atoms with Crippen LogP contribution in [0.2, 0.25) is 0 Å². The fourth-order valence-corrected chi connectivity index (χ4v) is 4.14. The molecule has 0 spiro atoms. The SMILES string of the molecule is CCCCCCc1ccc(-c2ccc(-c3ccc(OCC(F)CCCCCOC)cc3)cn2)cc1. The minimum absolute atomic E-state index is 0.0946. The van der Waals surface area contributed by atoms with E-state index in [4.69, 9.17) is 9.47 Å².